The summed E-state index contributed by atoms with van der Waals surface area (Å²) < 4.78 is 0.830. The van der Waals surface area contributed by atoms with Crippen LogP contribution in [0, 0.1) is 11.8 Å². The Labute approximate surface area is 137 Å². The minimum absolute atomic E-state index is 0.437. The van der Waals surface area contributed by atoms with E-state index in [-0.39, 0.29) is 0 Å². The molecule has 22 heavy (non-hydrogen) atoms. The zero-order valence-electron chi connectivity index (χ0n) is 11.6. The summed E-state index contributed by atoms with van der Waals surface area (Å²) in [6, 6.07) is 15.5. The molecular formula is C18H12BrN3. The van der Waals surface area contributed by atoms with E-state index in [0.717, 1.165) is 21.2 Å². The second-order valence-electron chi connectivity index (χ2n) is 4.61. The van der Waals surface area contributed by atoms with E-state index < -0.39 is 0 Å². The maximum absolute atomic E-state index is 5.92. The summed E-state index contributed by atoms with van der Waals surface area (Å²) in [6.45, 7) is 0. The lowest BCUT2D eigenvalue weighted by Crippen LogP contribution is -1.96. The van der Waals surface area contributed by atoms with Crippen LogP contribution in [-0.2, 0) is 0 Å². The molecule has 0 fully saturated rings. The molecular weight excluding hydrogens is 338 g/mol. The Morgan fingerprint density at radius 1 is 0.955 bits per heavy atom. The lowest BCUT2D eigenvalue weighted by atomic mass is 10.1. The Morgan fingerprint density at radius 3 is 2.41 bits per heavy atom. The van der Waals surface area contributed by atoms with E-state index in [1.54, 1.807) is 12.4 Å². The number of pyridine rings is 2. The molecule has 3 nitrogen and oxygen atoms in total. The first kappa shape index (κ1) is 14.3. The average Bonchev–Trinajstić information content (AvgIpc) is 2.57. The molecule has 0 saturated carbocycles. The van der Waals surface area contributed by atoms with Crippen molar-refractivity contribution in [3.8, 4) is 23.0 Å². The highest BCUT2D eigenvalue weighted by Gasteiger charge is 2.09. The van der Waals surface area contributed by atoms with Gasteiger partial charge in [-0.2, -0.15) is 0 Å². The Balaban J connectivity index is 2.07. The molecule has 0 atom stereocenters. The molecule has 2 aromatic heterocycles. The van der Waals surface area contributed by atoms with Crippen LogP contribution in [0.3, 0.4) is 0 Å². The van der Waals surface area contributed by atoms with Crippen LogP contribution in [-0.4, -0.2) is 9.97 Å². The van der Waals surface area contributed by atoms with E-state index >= 15 is 0 Å². The standard InChI is InChI=1S/C18H12BrN3/c19-18-15(14-8-10-21-11-9-14)12-17(20)22-16(18)7-6-13-4-2-1-3-5-13/h1-5,8-12H,(H2,20,22). The third-order valence-electron chi connectivity index (χ3n) is 3.07. The van der Waals surface area contributed by atoms with E-state index in [0.29, 0.717) is 11.5 Å². The van der Waals surface area contributed by atoms with E-state index in [9.17, 15) is 0 Å². The van der Waals surface area contributed by atoms with Gasteiger partial charge in [-0.15, -0.1) is 0 Å². The SMILES string of the molecule is Nc1cc(-c2ccncc2)c(Br)c(C#Cc2ccccc2)n1. The monoisotopic (exact) mass is 349 g/mol. The van der Waals surface area contributed by atoms with Gasteiger partial charge in [0.2, 0.25) is 0 Å². The van der Waals surface area contributed by atoms with E-state index in [4.69, 9.17) is 5.73 Å². The fraction of sp³-hybridized carbons (Fsp3) is 0. The minimum atomic E-state index is 0.437. The molecule has 0 unspecified atom stereocenters. The minimum Gasteiger partial charge on any atom is -0.384 e. The largest absolute Gasteiger partial charge is 0.384 e. The molecule has 3 rings (SSSR count). The number of hydrogen-bond donors (Lipinski definition) is 1. The summed E-state index contributed by atoms with van der Waals surface area (Å²) in [5.41, 5.74) is 9.44. The predicted octanol–water partition coefficient (Wildman–Crippen LogP) is 3.89. The maximum Gasteiger partial charge on any atom is 0.130 e. The predicted molar refractivity (Wildman–Crippen MR) is 92.0 cm³/mol. The molecule has 0 radical (unpaired) electrons. The summed E-state index contributed by atoms with van der Waals surface area (Å²) in [4.78, 5) is 8.35. The zero-order chi connectivity index (χ0) is 15.4. The van der Waals surface area contributed by atoms with Gasteiger partial charge in [0.15, 0.2) is 0 Å². The summed E-state index contributed by atoms with van der Waals surface area (Å²) in [5, 5.41) is 0. The van der Waals surface area contributed by atoms with Crippen molar-refractivity contribution < 1.29 is 0 Å². The summed E-state index contributed by atoms with van der Waals surface area (Å²) in [6.07, 6.45) is 3.49. The number of rotatable bonds is 1. The number of benzene rings is 1. The fourth-order valence-corrected chi connectivity index (χ4v) is 2.56. The molecule has 1 aromatic carbocycles. The van der Waals surface area contributed by atoms with Crippen molar-refractivity contribution in [1.82, 2.24) is 9.97 Å². The van der Waals surface area contributed by atoms with Gasteiger partial charge in [0.05, 0.1) is 4.47 Å². The van der Waals surface area contributed by atoms with E-state index in [1.807, 2.05) is 48.5 Å². The van der Waals surface area contributed by atoms with Crippen LogP contribution >= 0.6 is 15.9 Å². The number of nitrogen functional groups attached to an aromatic ring is 1. The molecule has 0 aliphatic rings. The van der Waals surface area contributed by atoms with Crippen molar-refractivity contribution in [2.24, 2.45) is 0 Å². The van der Waals surface area contributed by atoms with Crippen LogP contribution in [0.2, 0.25) is 0 Å². The Morgan fingerprint density at radius 2 is 1.68 bits per heavy atom. The normalized spacial score (nSPS) is 9.86. The smallest absolute Gasteiger partial charge is 0.130 e. The van der Waals surface area contributed by atoms with E-state index in [1.165, 1.54) is 0 Å². The maximum atomic E-state index is 5.92. The Bertz CT molecular complexity index is 850. The van der Waals surface area contributed by atoms with E-state index in [2.05, 4.69) is 37.7 Å². The number of anilines is 1. The van der Waals surface area contributed by atoms with Gasteiger partial charge in [0.1, 0.15) is 11.5 Å². The van der Waals surface area contributed by atoms with Gasteiger partial charge < -0.3 is 5.73 Å². The van der Waals surface area contributed by atoms with Gasteiger partial charge in [-0.1, -0.05) is 24.1 Å². The van der Waals surface area contributed by atoms with Crippen molar-refractivity contribution in [1.29, 1.82) is 0 Å². The molecule has 0 amide bonds. The molecule has 2 N–H and O–H groups in total. The lowest BCUT2D eigenvalue weighted by molar-refractivity contribution is 1.27. The Kier molecular flexibility index (Phi) is 4.17. The first-order valence-electron chi connectivity index (χ1n) is 6.67. The topological polar surface area (TPSA) is 51.8 Å². The summed E-state index contributed by atoms with van der Waals surface area (Å²) in [5.74, 6) is 6.61. The van der Waals surface area contributed by atoms with Gasteiger partial charge in [-0.3, -0.25) is 4.98 Å². The highest BCUT2D eigenvalue weighted by Crippen LogP contribution is 2.31. The second kappa shape index (κ2) is 6.42. The Hall–Kier alpha value is -2.64. The van der Waals surface area contributed by atoms with Crippen molar-refractivity contribution >= 4 is 21.7 Å². The molecule has 106 valence electrons. The van der Waals surface area contributed by atoms with Crippen LogP contribution in [0.25, 0.3) is 11.1 Å². The summed E-state index contributed by atoms with van der Waals surface area (Å²) in [7, 11) is 0. The van der Waals surface area contributed by atoms with Crippen LogP contribution in [0.15, 0.2) is 65.4 Å². The van der Waals surface area contributed by atoms with Gasteiger partial charge in [-0.25, -0.2) is 4.98 Å². The molecule has 0 saturated heterocycles. The molecule has 0 aliphatic heterocycles. The first-order chi connectivity index (χ1) is 10.7. The first-order valence-corrected chi connectivity index (χ1v) is 7.47. The van der Waals surface area contributed by atoms with Crippen LogP contribution in [0.1, 0.15) is 11.3 Å². The van der Waals surface area contributed by atoms with Crippen molar-refractivity contribution in [3.63, 3.8) is 0 Å². The zero-order valence-corrected chi connectivity index (χ0v) is 13.2. The van der Waals surface area contributed by atoms with Gasteiger partial charge in [0, 0.05) is 23.5 Å². The summed E-state index contributed by atoms with van der Waals surface area (Å²) >= 11 is 3.58. The third kappa shape index (κ3) is 3.16. The van der Waals surface area contributed by atoms with Crippen molar-refractivity contribution in [2.75, 3.05) is 5.73 Å². The van der Waals surface area contributed by atoms with Gasteiger partial charge >= 0.3 is 0 Å². The quantitative estimate of drug-likeness (QED) is 0.678. The van der Waals surface area contributed by atoms with Gasteiger partial charge in [-0.05, 0) is 57.7 Å². The second-order valence-corrected chi connectivity index (χ2v) is 5.40. The molecule has 0 aliphatic carbocycles. The molecule has 2 heterocycles. The lowest BCUT2D eigenvalue weighted by Gasteiger charge is -2.07. The number of nitrogens with two attached hydrogens (primary N) is 1. The average molecular weight is 350 g/mol. The molecule has 4 heteroatoms. The van der Waals surface area contributed by atoms with Crippen LogP contribution in [0.5, 0.6) is 0 Å². The highest BCUT2D eigenvalue weighted by atomic mass is 79.9. The van der Waals surface area contributed by atoms with Crippen molar-refractivity contribution in [2.45, 2.75) is 0 Å². The van der Waals surface area contributed by atoms with Gasteiger partial charge in [0.25, 0.3) is 0 Å². The third-order valence-corrected chi connectivity index (χ3v) is 3.87. The number of aromatic nitrogens is 2. The number of halogens is 1. The molecule has 3 aromatic rings. The molecule has 0 spiro atoms. The molecule has 0 bridgehead atoms. The fourth-order valence-electron chi connectivity index (χ4n) is 2.03. The number of hydrogen-bond acceptors (Lipinski definition) is 3. The van der Waals surface area contributed by atoms with Crippen LogP contribution < -0.4 is 5.73 Å². The van der Waals surface area contributed by atoms with Crippen LogP contribution in [0.4, 0.5) is 5.82 Å². The highest BCUT2D eigenvalue weighted by molar-refractivity contribution is 9.10. The van der Waals surface area contributed by atoms with Crippen molar-refractivity contribution in [3.05, 3.63) is 76.7 Å². The number of nitrogens with zero attached hydrogens (tertiary/aromatic N) is 2.